The maximum Gasteiger partial charge on any atom is 0.313 e. The Bertz CT molecular complexity index is 1810. The van der Waals surface area contributed by atoms with Crippen LogP contribution < -0.4 is 5.32 Å². The molecule has 0 unspecified atom stereocenters. The lowest BCUT2D eigenvalue weighted by molar-refractivity contribution is -0.161. The zero-order valence-corrected chi connectivity index (χ0v) is 28.0. The molecule has 5 bridgehead atoms. The maximum absolute atomic E-state index is 14.9. The smallest absolute Gasteiger partial charge is 0.313 e. The van der Waals surface area contributed by atoms with E-state index in [1.54, 1.807) is 33.6 Å². The van der Waals surface area contributed by atoms with Gasteiger partial charge in [0.15, 0.2) is 0 Å². The second kappa shape index (κ2) is 14.2. The minimum atomic E-state index is -1.39. The van der Waals surface area contributed by atoms with Crippen LogP contribution >= 0.6 is 0 Å². The quantitative estimate of drug-likeness (QED) is 0.207. The van der Waals surface area contributed by atoms with Gasteiger partial charge in [0, 0.05) is 26.1 Å². The molecule has 13 nitrogen and oxygen atoms in total. The van der Waals surface area contributed by atoms with E-state index >= 15 is 0 Å². The Hall–Kier alpha value is -4.88. The van der Waals surface area contributed by atoms with Crippen molar-refractivity contribution in [1.82, 2.24) is 30.1 Å². The summed E-state index contributed by atoms with van der Waals surface area (Å²) >= 11 is 0. The number of esters is 1. The largest absolute Gasteiger partial charge is 0.455 e. The highest BCUT2D eigenvalue weighted by molar-refractivity contribution is 5.99. The molecule has 4 aliphatic rings. The minimum absolute atomic E-state index is 0.0255. The van der Waals surface area contributed by atoms with E-state index in [4.69, 9.17) is 9.47 Å². The van der Waals surface area contributed by atoms with Gasteiger partial charge in [-0.25, -0.2) is 4.68 Å². The number of nitrogens with zero attached hydrogens (tertiary/aromatic N) is 5. The number of carbonyl (C=O) groups is 4. The topological polar surface area (TPSA) is 156 Å². The van der Waals surface area contributed by atoms with Crippen molar-refractivity contribution in [1.29, 1.82) is 0 Å². The molecule has 2 saturated heterocycles. The van der Waals surface area contributed by atoms with Gasteiger partial charge in [-0.3, -0.25) is 19.2 Å². The lowest BCUT2D eigenvalue weighted by Crippen LogP contribution is -2.56. The molecule has 0 saturated carbocycles. The van der Waals surface area contributed by atoms with Gasteiger partial charge >= 0.3 is 5.97 Å². The van der Waals surface area contributed by atoms with Crippen LogP contribution in [0.25, 0.3) is 11.0 Å². The molecule has 3 aromatic rings. The monoisotopic (exact) mass is 682 g/mol. The Morgan fingerprint density at radius 2 is 1.78 bits per heavy atom. The van der Waals surface area contributed by atoms with Gasteiger partial charge in [-0.15, -0.1) is 5.10 Å². The lowest BCUT2D eigenvalue weighted by Gasteiger charge is -2.35. The molecule has 0 aliphatic carbocycles. The van der Waals surface area contributed by atoms with E-state index in [9.17, 15) is 24.3 Å². The van der Waals surface area contributed by atoms with Crippen molar-refractivity contribution < 1.29 is 33.8 Å². The lowest BCUT2D eigenvalue weighted by atomic mass is 9.74. The van der Waals surface area contributed by atoms with Crippen molar-refractivity contribution in [2.75, 3.05) is 19.7 Å². The average molecular weight is 683 g/mol. The second-order valence-corrected chi connectivity index (χ2v) is 13.4. The zero-order valence-electron chi connectivity index (χ0n) is 28.0. The number of aliphatic hydroxyl groups excluding tert-OH is 1. The summed E-state index contributed by atoms with van der Waals surface area (Å²) in [6.07, 6.45) is 8.05. The summed E-state index contributed by atoms with van der Waals surface area (Å²) in [6, 6.07) is 15.0. The highest BCUT2D eigenvalue weighted by Gasteiger charge is 2.73. The van der Waals surface area contributed by atoms with Crippen LogP contribution in [0.5, 0.6) is 0 Å². The van der Waals surface area contributed by atoms with Crippen molar-refractivity contribution in [3.05, 3.63) is 84.5 Å². The van der Waals surface area contributed by atoms with Crippen molar-refractivity contribution in [2.24, 2.45) is 11.8 Å². The first-order chi connectivity index (χ1) is 24.3. The third-order valence-electron chi connectivity index (χ3n) is 10.2. The molecular formula is C37H42N6O7. The maximum atomic E-state index is 14.9. The number of unbranched alkanes of at least 4 members (excludes halogenated alkanes) is 2. The molecule has 7 rings (SSSR count). The fraction of sp³-hybridized carbons (Fsp3) is 0.459. The molecule has 5 heterocycles. The number of fused-ring (bicyclic) bond motifs is 3. The van der Waals surface area contributed by atoms with Gasteiger partial charge in [-0.1, -0.05) is 72.0 Å². The van der Waals surface area contributed by atoms with E-state index < -0.39 is 47.7 Å². The van der Waals surface area contributed by atoms with E-state index in [0.717, 1.165) is 5.52 Å². The normalized spacial score (nSPS) is 30.5. The second-order valence-electron chi connectivity index (χ2n) is 13.4. The number of ether oxygens (including phenoxy) is 2. The van der Waals surface area contributed by atoms with Crippen LogP contribution in [-0.2, 0) is 35.3 Å². The van der Waals surface area contributed by atoms with Crippen LogP contribution in [0.3, 0.4) is 0 Å². The van der Waals surface area contributed by atoms with Gasteiger partial charge in [0.05, 0.1) is 23.6 Å². The summed E-state index contributed by atoms with van der Waals surface area (Å²) in [5.41, 5.74) is 0.735. The number of allylic oxidation sites excluding steroid dienone is 1. The predicted octanol–water partition coefficient (Wildman–Crippen LogP) is 2.67. The number of amides is 3. The number of likely N-dealkylation sites (tertiary alicyclic amines) is 1. The molecule has 3 amide bonds. The molecule has 2 fully saturated rings. The molecule has 2 aromatic carbocycles. The van der Waals surface area contributed by atoms with Crippen LogP contribution in [0.4, 0.5) is 0 Å². The number of cyclic esters (lactones) is 1. The van der Waals surface area contributed by atoms with Crippen molar-refractivity contribution in [2.45, 2.75) is 75.6 Å². The Morgan fingerprint density at radius 3 is 2.60 bits per heavy atom. The van der Waals surface area contributed by atoms with E-state index in [2.05, 4.69) is 15.6 Å². The highest BCUT2D eigenvalue weighted by atomic mass is 16.6. The van der Waals surface area contributed by atoms with Crippen LogP contribution in [-0.4, -0.2) is 97.1 Å². The first-order valence-corrected chi connectivity index (χ1v) is 17.4. The van der Waals surface area contributed by atoms with E-state index in [1.807, 2.05) is 66.7 Å². The predicted molar refractivity (Wildman–Crippen MR) is 181 cm³/mol. The SMILES string of the molecule is C[C@@H]1NC(=O)CC/C=C\CN(Cn2nnc3ccccc32)C(=O)[C@H]2N(CCCCCO)C(=O)[C@@H]3[C@@H](C(=O)O[C@H]1c1ccccc1)[C@H]1C=C[C@]32O1. The number of aromatic nitrogens is 3. The molecule has 50 heavy (non-hydrogen) atoms. The Balaban J connectivity index is 1.28. The number of aliphatic hydroxyl groups is 1. The van der Waals surface area contributed by atoms with Crippen molar-refractivity contribution in [3.8, 4) is 0 Å². The molecule has 262 valence electrons. The van der Waals surface area contributed by atoms with Gasteiger partial charge in [0.1, 0.15) is 35.9 Å². The Kier molecular flexibility index (Phi) is 9.52. The summed E-state index contributed by atoms with van der Waals surface area (Å²) < 4.78 is 14.4. The van der Waals surface area contributed by atoms with Gasteiger partial charge in [-0.05, 0) is 50.3 Å². The fourth-order valence-electron chi connectivity index (χ4n) is 7.84. The van der Waals surface area contributed by atoms with Gasteiger partial charge in [0.25, 0.3) is 5.91 Å². The van der Waals surface area contributed by atoms with Gasteiger partial charge in [-0.2, -0.15) is 0 Å². The summed E-state index contributed by atoms with van der Waals surface area (Å²) in [5, 5.41) is 21.0. The van der Waals surface area contributed by atoms with Crippen LogP contribution in [0.15, 0.2) is 78.9 Å². The molecule has 0 radical (unpaired) electrons. The summed E-state index contributed by atoms with van der Waals surface area (Å²) in [4.78, 5) is 59.9. The standard InChI is InChI=1S/C37H42N6O7/c1-24-32(25-13-5-2-6-14-25)49-36(48)30-28-18-19-37(50-28)31(30)34(46)42(21-11-4-12-22-44)33(37)35(47)41(20-10-3-7-17-29(45)38-24)23-43-27-16-9-8-15-26(27)39-40-43/h2-3,5-6,8-10,13-16,18-19,24,28,30-33,44H,4,7,11-12,17,20-23H2,1H3,(H,38,45)/b10-3-/t24-,28+,30-,31-,32+,33+,37-/m0/s1. The third-order valence-corrected chi connectivity index (χ3v) is 10.2. The number of nitrogens with one attached hydrogen (secondary N) is 1. The first-order valence-electron chi connectivity index (χ1n) is 17.4. The molecule has 13 heteroatoms. The third kappa shape index (κ3) is 6.09. The Morgan fingerprint density at radius 1 is 0.980 bits per heavy atom. The van der Waals surface area contributed by atoms with E-state index in [-0.39, 0.29) is 50.5 Å². The summed E-state index contributed by atoms with van der Waals surface area (Å²) in [5.74, 6) is -3.52. The zero-order chi connectivity index (χ0) is 34.8. The van der Waals surface area contributed by atoms with Crippen molar-refractivity contribution in [3.63, 3.8) is 0 Å². The number of carbonyl (C=O) groups excluding carboxylic acids is 4. The van der Waals surface area contributed by atoms with E-state index in [0.29, 0.717) is 36.8 Å². The molecule has 2 N–H and O–H groups in total. The summed E-state index contributed by atoms with van der Waals surface area (Å²) in [6.45, 7) is 2.29. The summed E-state index contributed by atoms with van der Waals surface area (Å²) in [7, 11) is 0. The fourth-order valence-corrected chi connectivity index (χ4v) is 7.84. The number of benzene rings is 2. The van der Waals surface area contributed by atoms with E-state index in [1.165, 1.54) is 0 Å². The van der Waals surface area contributed by atoms with Crippen LogP contribution in [0, 0.1) is 11.8 Å². The number of para-hydroxylation sites is 1. The first kappa shape index (κ1) is 33.6. The van der Waals surface area contributed by atoms with Crippen LogP contribution in [0.1, 0.15) is 50.7 Å². The molecule has 1 spiro atoms. The van der Waals surface area contributed by atoms with Crippen LogP contribution in [0.2, 0.25) is 0 Å². The Labute approximate surface area is 289 Å². The number of rotatable bonds is 8. The number of hydrogen-bond donors (Lipinski definition) is 2. The highest BCUT2D eigenvalue weighted by Crippen LogP contribution is 2.56. The molecular weight excluding hydrogens is 640 g/mol. The van der Waals surface area contributed by atoms with Gasteiger partial charge in [0.2, 0.25) is 11.8 Å². The minimum Gasteiger partial charge on any atom is -0.455 e. The molecule has 7 atom stereocenters. The van der Waals surface area contributed by atoms with Gasteiger partial charge < -0.3 is 29.7 Å². The molecule has 4 aliphatic heterocycles. The van der Waals surface area contributed by atoms with Crippen molar-refractivity contribution >= 4 is 34.7 Å². The molecule has 1 aromatic heterocycles. The average Bonchev–Trinajstić information content (AvgIpc) is 3.87. The number of hydrogen-bond acceptors (Lipinski definition) is 9.